The Balaban J connectivity index is 0.00000144. The van der Waals surface area contributed by atoms with E-state index in [1.807, 2.05) is 0 Å². The number of hydrogen-bond acceptors (Lipinski definition) is 4. The summed E-state index contributed by atoms with van der Waals surface area (Å²) in [5.74, 6) is 0. The number of aryl methyl sites for hydroxylation is 1. The van der Waals surface area contributed by atoms with Crippen LogP contribution in [0.1, 0.15) is 5.56 Å². The van der Waals surface area contributed by atoms with Crippen LogP contribution in [0.25, 0.3) is 0 Å². The molecule has 0 aliphatic heterocycles. The van der Waals surface area contributed by atoms with Gasteiger partial charge in [-0.05, 0) is 30.7 Å². The van der Waals surface area contributed by atoms with E-state index in [1.165, 1.54) is 6.07 Å². The van der Waals surface area contributed by atoms with Crippen molar-refractivity contribution in [2.45, 2.75) is 11.8 Å². The SMILES string of the molecule is Cc1cc(N)cc(S(=O)(=O)[O-])c1.[K+]. The van der Waals surface area contributed by atoms with Crippen LogP contribution in [0.15, 0.2) is 23.1 Å². The van der Waals surface area contributed by atoms with Gasteiger partial charge in [0.1, 0.15) is 10.1 Å². The standard InChI is InChI=1S/C7H9NO3S.K/c1-5-2-6(8)4-7(3-5)12(9,10)11;/h2-4H,8H2,1H3,(H,9,10,11);/q;+1/p-1. The summed E-state index contributed by atoms with van der Waals surface area (Å²) in [6, 6.07) is 4.03. The molecule has 4 nitrogen and oxygen atoms in total. The van der Waals surface area contributed by atoms with E-state index in [4.69, 9.17) is 5.73 Å². The van der Waals surface area contributed by atoms with Gasteiger partial charge in [0.05, 0.1) is 4.90 Å². The van der Waals surface area contributed by atoms with Gasteiger partial charge in [-0.25, -0.2) is 8.42 Å². The molecule has 0 aliphatic carbocycles. The summed E-state index contributed by atoms with van der Waals surface area (Å²) in [6.07, 6.45) is 0. The maximum Gasteiger partial charge on any atom is 1.00 e. The monoisotopic (exact) mass is 225 g/mol. The number of hydrogen-bond donors (Lipinski definition) is 1. The Morgan fingerprint density at radius 1 is 1.31 bits per heavy atom. The fourth-order valence-electron chi connectivity index (χ4n) is 0.921. The molecule has 0 amide bonds. The molecule has 0 atom stereocenters. The molecule has 66 valence electrons. The Kier molecular flexibility index (Phi) is 5.09. The number of anilines is 1. The molecule has 0 aliphatic rings. The van der Waals surface area contributed by atoms with E-state index in [1.54, 1.807) is 13.0 Å². The van der Waals surface area contributed by atoms with E-state index < -0.39 is 10.1 Å². The molecular weight excluding hydrogens is 217 g/mol. The number of benzene rings is 1. The molecule has 1 aromatic rings. The molecule has 0 radical (unpaired) electrons. The maximum atomic E-state index is 10.5. The van der Waals surface area contributed by atoms with Crippen LogP contribution in [0.2, 0.25) is 0 Å². The molecule has 6 heteroatoms. The molecule has 0 aromatic heterocycles. The van der Waals surface area contributed by atoms with E-state index in [9.17, 15) is 13.0 Å². The van der Waals surface area contributed by atoms with Gasteiger partial charge in [0.25, 0.3) is 0 Å². The van der Waals surface area contributed by atoms with Gasteiger partial charge in [-0.2, -0.15) is 0 Å². The second kappa shape index (κ2) is 4.88. The van der Waals surface area contributed by atoms with Gasteiger partial charge in [0.2, 0.25) is 0 Å². The molecule has 2 N–H and O–H groups in total. The molecule has 0 bridgehead atoms. The number of nitrogen functional groups attached to an aromatic ring is 1. The van der Waals surface area contributed by atoms with Crippen LogP contribution in [0, 0.1) is 6.92 Å². The predicted octanol–water partition coefficient (Wildman–Crippen LogP) is -2.51. The average Bonchev–Trinajstić information content (AvgIpc) is 1.82. The Hall–Kier alpha value is 0.566. The van der Waals surface area contributed by atoms with Crippen molar-refractivity contribution in [3.63, 3.8) is 0 Å². The van der Waals surface area contributed by atoms with Crippen LogP contribution < -0.4 is 57.1 Å². The van der Waals surface area contributed by atoms with E-state index in [2.05, 4.69) is 0 Å². The summed E-state index contributed by atoms with van der Waals surface area (Å²) in [5, 5.41) is 0. The minimum Gasteiger partial charge on any atom is -0.744 e. The quantitative estimate of drug-likeness (QED) is 0.325. The van der Waals surface area contributed by atoms with Crippen LogP contribution in [0.3, 0.4) is 0 Å². The zero-order valence-electron chi connectivity index (χ0n) is 7.44. The third-order valence-electron chi connectivity index (χ3n) is 1.36. The zero-order valence-corrected chi connectivity index (χ0v) is 11.4. The first-order valence-electron chi connectivity index (χ1n) is 3.22. The first-order chi connectivity index (χ1) is 5.39. The summed E-state index contributed by atoms with van der Waals surface area (Å²) < 4.78 is 31.6. The Labute approximate surface area is 120 Å². The van der Waals surface area contributed by atoms with Crippen molar-refractivity contribution in [3.8, 4) is 0 Å². The van der Waals surface area contributed by atoms with Crippen molar-refractivity contribution in [3.05, 3.63) is 23.8 Å². The van der Waals surface area contributed by atoms with Crippen LogP contribution in [-0.4, -0.2) is 13.0 Å². The van der Waals surface area contributed by atoms with Gasteiger partial charge < -0.3 is 10.3 Å². The molecule has 0 saturated heterocycles. The van der Waals surface area contributed by atoms with Gasteiger partial charge in [-0.3, -0.25) is 0 Å². The Morgan fingerprint density at radius 3 is 2.23 bits per heavy atom. The summed E-state index contributed by atoms with van der Waals surface area (Å²) in [4.78, 5) is -0.278. The molecule has 0 fully saturated rings. The summed E-state index contributed by atoms with van der Waals surface area (Å²) in [7, 11) is -4.38. The third-order valence-corrected chi connectivity index (χ3v) is 2.17. The predicted molar refractivity (Wildman–Crippen MR) is 43.6 cm³/mol. The van der Waals surface area contributed by atoms with Crippen LogP contribution in [0.5, 0.6) is 0 Å². The van der Waals surface area contributed by atoms with Crippen LogP contribution in [0.4, 0.5) is 5.69 Å². The van der Waals surface area contributed by atoms with E-state index >= 15 is 0 Å². The number of nitrogens with two attached hydrogens (primary N) is 1. The van der Waals surface area contributed by atoms with Crippen LogP contribution >= 0.6 is 0 Å². The van der Waals surface area contributed by atoms with Crippen molar-refractivity contribution >= 4 is 15.8 Å². The van der Waals surface area contributed by atoms with Gasteiger partial charge in [-0.15, -0.1) is 0 Å². The molecule has 0 spiro atoms. The topological polar surface area (TPSA) is 83.2 Å². The molecule has 0 heterocycles. The zero-order chi connectivity index (χ0) is 9.35. The molecule has 0 saturated carbocycles. The van der Waals surface area contributed by atoms with Gasteiger partial charge in [0, 0.05) is 5.69 Å². The maximum absolute atomic E-state index is 10.5. The van der Waals surface area contributed by atoms with Gasteiger partial charge in [0.15, 0.2) is 0 Å². The fourth-order valence-corrected chi connectivity index (χ4v) is 1.53. The minimum absolute atomic E-state index is 0. The number of rotatable bonds is 1. The molecule has 0 unspecified atom stereocenters. The van der Waals surface area contributed by atoms with Gasteiger partial charge >= 0.3 is 51.4 Å². The molecule has 13 heavy (non-hydrogen) atoms. The van der Waals surface area contributed by atoms with Crippen molar-refractivity contribution in [1.29, 1.82) is 0 Å². The molecule has 1 aromatic carbocycles. The smallest absolute Gasteiger partial charge is 0.744 e. The van der Waals surface area contributed by atoms with Crippen molar-refractivity contribution in [1.82, 2.24) is 0 Å². The normalized spacial score (nSPS) is 10.6. The molecule has 1 rings (SSSR count). The Morgan fingerprint density at radius 2 is 1.85 bits per heavy atom. The third kappa shape index (κ3) is 4.07. The van der Waals surface area contributed by atoms with E-state index in [0.717, 1.165) is 6.07 Å². The second-order valence-electron chi connectivity index (χ2n) is 2.53. The van der Waals surface area contributed by atoms with E-state index in [-0.39, 0.29) is 62.0 Å². The van der Waals surface area contributed by atoms with Gasteiger partial charge in [-0.1, -0.05) is 0 Å². The summed E-state index contributed by atoms with van der Waals surface area (Å²) >= 11 is 0. The van der Waals surface area contributed by atoms with E-state index in [0.29, 0.717) is 5.56 Å². The average molecular weight is 225 g/mol. The molecular formula is C7H8KNO3S. The summed E-state index contributed by atoms with van der Waals surface area (Å²) in [5.41, 5.74) is 6.29. The fraction of sp³-hybridized carbons (Fsp3) is 0.143. The summed E-state index contributed by atoms with van der Waals surface area (Å²) in [6.45, 7) is 1.67. The Bertz CT molecular complexity index is 382. The largest absolute Gasteiger partial charge is 1.00 e. The first-order valence-corrected chi connectivity index (χ1v) is 4.63. The van der Waals surface area contributed by atoms with Crippen molar-refractivity contribution in [2.24, 2.45) is 0 Å². The van der Waals surface area contributed by atoms with Crippen LogP contribution in [-0.2, 0) is 10.1 Å². The minimum atomic E-state index is -4.38. The second-order valence-corrected chi connectivity index (χ2v) is 3.91. The van der Waals surface area contributed by atoms with Crippen molar-refractivity contribution in [2.75, 3.05) is 5.73 Å². The van der Waals surface area contributed by atoms with Crippen molar-refractivity contribution < 1.29 is 64.4 Å². The first kappa shape index (κ1) is 13.6.